The number of anilines is 2. The highest BCUT2D eigenvalue weighted by Crippen LogP contribution is 2.30. The first-order valence-corrected chi connectivity index (χ1v) is 10.2. The number of amides is 1. The highest BCUT2D eigenvalue weighted by Gasteiger charge is 2.29. The van der Waals surface area contributed by atoms with E-state index in [0.717, 1.165) is 10.6 Å². The van der Waals surface area contributed by atoms with Crippen LogP contribution in [0.15, 0.2) is 42.5 Å². The van der Waals surface area contributed by atoms with Gasteiger partial charge in [-0.3, -0.25) is 9.10 Å². The van der Waals surface area contributed by atoms with Crippen molar-refractivity contribution in [2.45, 2.75) is 13.0 Å². The van der Waals surface area contributed by atoms with Gasteiger partial charge in [0.1, 0.15) is 6.04 Å². The minimum atomic E-state index is -3.71. The highest BCUT2D eigenvalue weighted by molar-refractivity contribution is 7.92. The second kappa shape index (κ2) is 8.49. The molecule has 0 aliphatic heterocycles. The van der Waals surface area contributed by atoms with Gasteiger partial charge >= 0.3 is 0 Å². The van der Waals surface area contributed by atoms with Gasteiger partial charge in [0.2, 0.25) is 15.9 Å². The number of methoxy groups -OCH3 is 2. The molecule has 1 amide bonds. The van der Waals surface area contributed by atoms with Crippen LogP contribution in [0.2, 0.25) is 5.02 Å². The average molecular weight is 413 g/mol. The fourth-order valence-electron chi connectivity index (χ4n) is 2.56. The molecule has 0 saturated carbocycles. The molecule has 2 aromatic rings. The number of nitrogens with one attached hydrogen (secondary N) is 1. The van der Waals surface area contributed by atoms with E-state index in [2.05, 4.69) is 5.32 Å². The topological polar surface area (TPSA) is 84.9 Å². The summed E-state index contributed by atoms with van der Waals surface area (Å²) in [5.74, 6) is 0.464. The molecule has 0 saturated heterocycles. The van der Waals surface area contributed by atoms with Crippen LogP contribution in [0.1, 0.15) is 6.92 Å². The fraction of sp³-hybridized carbons (Fsp3) is 0.278. The van der Waals surface area contributed by atoms with Gasteiger partial charge < -0.3 is 14.8 Å². The van der Waals surface area contributed by atoms with Gasteiger partial charge in [0, 0.05) is 16.8 Å². The lowest BCUT2D eigenvalue weighted by atomic mass is 10.2. The molecule has 0 spiro atoms. The maximum absolute atomic E-state index is 12.7. The van der Waals surface area contributed by atoms with Crippen LogP contribution in [0, 0.1) is 0 Å². The van der Waals surface area contributed by atoms with E-state index in [1.165, 1.54) is 21.1 Å². The molecule has 0 bridgehead atoms. The van der Waals surface area contributed by atoms with Crippen LogP contribution in [0.4, 0.5) is 11.4 Å². The monoisotopic (exact) mass is 412 g/mol. The normalized spacial score (nSPS) is 12.2. The van der Waals surface area contributed by atoms with Crippen molar-refractivity contribution in [2.24, 2.45) is 0 Å². The average Bonchev–Trinajstić information content (AvgIpc) is 2.62. The van der Waals surface area contributed by atoms with Gasteiger partial charge in [-0.15, -0.1) is 0 Å². The summed E-state index contributed by atoms with van der Waals surface area (Å²) >= 11 is 5.86. The first-order valence-electron chi connectivity index (χ1n) is 7.95. The van der Waals surface area contributed by atoms with E-state index in [1.807, 2.05) is 0 Å². The number of ether oxygens (including phenoxy) is 2. The van der Waals surface area contributed by atoms with Crippen LogP contribution in [0.3, 0.4) is 0 Å². The van der Waals surface area contributed by atoms with Gasteiger partial charge in [0.05, 0.1) is 26.2 Å². The molecular formula is C18H21ClN2O5S. The molecular weight excluding hydrogens is 392 g/mol. The number of halogens is 1. The van der Waals surface area contributed by atoms with Crippen molar-refractivity contribution in [3.05, 3.63) is 47.5 Å². The summed E-state index contributed by atoms with van der Waals surface area (Å²) in [6.45, 7) is 1.51. The fourth-order valence-corrected chi connectivity index (χ4v) is 3.86. The lowest BCUT2D eigenvalue weighted by Gasteiger charge is -2.28. The van der Waals surface area contributed by atoms with E-state index in [4.69, 9.17) is 21.1 Å². The summed E-state index contributed by atoms with van der Waals surface area (Å²) in [4.78, 5) is 12.7. The van der Waals surface area contributed by atoms with Crippen LogP contribution in [0.5, 0.6) is 11.5 Å². The second-order valence-electron chi connectivity index (χ2n) is 5.77. The quantitative estimate of drug-likeness (QED) is 0.755. The van der Waals surface area contributed by atoms with Gasteiger partial charge in [-0.25, -0.2) is 8.42 Å². The van der Waals surface area contributed by atoms with Gasteiger partial charge in [-0.1, -0.05) is 11.6 Å². The van der Waals surface area contributed by atoms with Crippen molar-refractivity contribution in [1.29, 1.82) is 0 Å². The van der Waals surface area contributed by atoms with Gasteiger partial charge in [-0.2, -0.15) is 0 Å². The summed E-state index contributed by atoms with van der Waals surface area (Å²) in [7, 11) is -0.714. The zero-order valence-electron chi connectivity index (χ0n) is 15.4. The Kier molecular flexibility index (Phi) is 6.56. The second-order valence-corrected chi connectivity index (χ2v) is 8.07. The standard InChI is InChI=1S/C18H21ClN2O5S/c1-12(21(27(4,23)24)15-8-5-13(19)6-9-15)18(22)20-14-7-10-16(25-2)17(11-14)26-3/h5-12H,1-4H3,(H,20,22)/t12-/m0/s1. The molecule has 7 nitrogen and oxygen atoms in total. The lowest BCUT2D eigenvalue weighted by Crippen LogP contribution is -2.45. The minimum absolute atomic E-state index is 0.344. The van der Waals surface area contributed by atoms with E-state index in [0.29, 0.717) is 27.9 Å². The van der Waals surface area contributed by atoms with Crippen LogP contribution in [-0.2, 0) is 14.8 Å². The Morgan fingerprint density at radius 3 is 2.19 bits per heavy atom. The van der Waals surface area contributed by atoms with Gasteiger partial charge in [0.25, 0.3) is 0 Å². The zero-order chi connectivity index (χ0) is 20.2. The molecule has 0 aliphatic rings. The van der Waals surface area contributed by atoms with Crippen LogP contribution in [-0.4, -0.2) is 40.8 Å². The first-order chi connectivity index (χ1) is 12.7. The van der Waals surface area contributed by atoms with E-state index in [1.54, 1.807) is 42.5 Å². The lowest BCUT2D eigenvalue weighted by molar-refractivity contribution is -0.116. The molecule has 2 aromatic carbocycles. The van der Waals surface area contributed by atoms with Crippen molar-refractivity contribution in [3.63, 3.8) is 0 Å². The number of carbonyl (C=O) groups excluding carboxylic acids is 1. The van der Waals surface area contributed by atoms with Crippen molar-refractivity contribution < 1.29 is 22.7 Å². The Hall–Kier alpha value is -2.45. The number of hydrogen-bond acceptors (Lipinski definition) is 5. The number of sulfonamides is 1. The summed E-state index contributed by atoms with van der Waals surface area (Å²) in [5, 5.41) is 3.16. The van der Waals surface area contributed by atoms with Crippen molar-refractivity contribution in [1.82, 2.24) is 0 Å². The van der Waals surface area contributed by atoms with Crippen molar-refractivity contribution >= 4 is 38.9 Å². The minimum Gasteiger partial charge on any atom is -0.493 e. The Balaban J connectivity index is 2.29. The third-order valence-electron chi connectivity index (χ3n) is 3.82. The van der Waals surface area contributed by atoms with E-state index in [-0.39, 0.29) is 0 Å². The van der Waals surface area contributed by atoms with Crippen LogP contribution >= 0.6 is 11.6 Å². The van der Waals surface area contributed by atoms with E-state index in [9.17, 15) is 13.2 Å². The summed E-state index contributed by atoms with van der Waals surface area (Å²) in [6, 6.07) is 10.1. The molecule has 1 atom stereocenters. The van der Waals surface area contributed by atoms with E-state index >= 15 is 0 Å². The number of carbonyl (C=O) groups is 1. The highest BCUT2D eigenvalue weighted by atomic mass is 35.5. The van der Waals surface area contributed by atoms with Crippen molar-refractivity contribution in [3.8, 4) is 11.5 Å². The van der Waals surface area contributed by atoms with Crippen LogP contribution in [0.25, 0.3) is 0 Å². The molecule has 27 heavy (non-hydrogen) atoms. The number of hydrogen-bond donors (Lipinski definition) is 1. The third-order valence-corrected chi connectivity index (χ3v) is 5.31. The number of nitrogens with zero attached hydrogens (tertiary/aromatic N) is 1. The van der Waals surface area contributed by atoms with Gasteiger partial charge in [0.15, 0.2) is 11.5 Å². The Morgan fingerprint density at radius 1 is 1.07 bits per heavy atom. The molecule has 0 aliphatic carbocycles. The summed E-state index contributed by atoms with van der Waals surface area (Å²) in [6.07, 6.45) is 1.04. The van der Waals surface area contributed by atoms with Crippen LogP contribution < -0.4 is 19.1 Å². The smallest absolute Gasteiger partial charge is 0.247 e. The van der Waals surface area contributed by atoms with E-state index < -0.39 is 22.0 Å². The molecule has 1 N–H and O–H groups in total. The Bertz CT molecular complexity index is 916. The predicted molar refractivity (Wildman–Crippen MR) is 106 cm³/mol. The maximum Gasteiger partial charge on any atom is 0.247 e. The zero-order valence-corrected chi connectivity index (χ0v) is 17.0. The summed E-state index contributed by atoms with van der Waals surface area (Å²) in [5.41, 5.74) is 0.797. The molecule has 0 unspecified atom stereocenters. The molecule has 0 aromatic heterocycles. The number of benzene rings is 2. The predicted octanol–water partition coefficient (Wildman–Crippen LogP) is 3.15. The molecule has 2 rings (SSSR count). The number of rotatable bonds is 7. The summed E-state index contributed by atoms with van der Waals surface area (Å²) < 4.78 is 36.0. The third kappa shape index (κ3) is 5.05. The SMILES string of the molecule is COc1ccc(NC(=O)[C@H](C)N(c2ccc(Cl)cc2)S(C)(=O)=O)cc1OC. The Morgan fingerprint density at radius 2 is 1.67 bits per heavy atom. The first kappa shape index (κ1) is 20.9. The molecule has 0 fully saturated rings. The molecule has 0 radical (unpaired) electrons. The van der Waals surface area contributed by atoms with Gasteiger partial charge in [-0.05, 0) is 43.3 Å². The Labute approximate surface area is 163 Å². The molecule has 9 heteroatoms. The maximum atomic E-state index is 12.7. The van der Waals surface area contributed by atoms with Crippen molar-refractivity contribution in [2.75, 3.05) is 30.1 Å². The molecule has 0 heterocycles. The largest absolute Gasteiger partial charge is 0.493 e. The molecule has 146 valence electrons.